The summed E-state index contributed by atoms with van der Waals surface area (Å²) in [6.45, 7) is 4.28. The minimum Gasteiger partial charge on any atom is -0.497 e. The molecule has 9 nitrogen and oxygen atoms in total. The molecule has 0 saturated carbocycles. The van der Waals surface area contributed by atoms with Gasteiger partial charge in [0, 0.05) is 29.9 Å². The van der Waals surface area contributed by atoms with Gasteiger partial charge in [-0.3, -0.25) is 19.6 Å². The Labute approximate surface area is 161 Å². The first kappa shape index (κ1) is 18.0. The maximum atomic E-state index is 12.9. The topological polar surface area (TPSA) is 106 Å². The van der Waals surface area contributed by atoms with Crippen molar-refractivity contribution in [3.63, 3.8) is 0 Å². The van der Waals surface area contributed by atoms with E-state index in [4.69, 9.17) is 4.74 Å². The summed E-state index contributed by atoms with van der Waals surface area (Å²) < 4.78 is 6.91. The third kappa shape index (κ3) is 2.70. The number of carbonyl (C=O) groups excluding carboxylic acids is 3. The van der Waals surface area contributed by atoms with E-state index in [1.165, 1.54) is 0 Å². The summed E-state index contributed by atoms with van der Waals surface area (Å²) in [6, 6.07) is 4.82. The van der Waals surface area contributed by atoms with Crippen LogP contribution in [0.3, 0.4) is 0 Å². The Hall–Kier alpha value is -3.36. The van der Waals surface area contributed by atoms with Crippen molar-refractivity contribution >= 4 is 17.8 Å². The number of hydrogen-bond acceptors (Lipinski definition) is 5. The van der Waals surface area contributed by atoms with Crippen LogP contribution in [0.1, 0.15) is 41.4 Å². The van der Waals surface area contributed by atoms with Gasteiger partial charge in [0.15, 0.2) is 5.54 Å². The zero-order chi connectivity index (χ0) is 20.1. The maximum absolute atomic E-state index is 12.9. The minimum atomic E-state index is -1.38. The highest BCUT2D eigenvalue weighted by Crippen LogP contribution is 2.32. The molecule has 9 heteroatoms. The van der Waals surface area contributed by atoms with Crippen molar-refractivity contribution in [2.45, 2.75) is 32.0 Å². The first-order chi connectivity index (χ1) is 13.3. The third-order valence-corrected chi connectivity index (χ3v) is 5.19. The first-order valence-electron chi connectivity index (χ1n) is 8.98. The van der Waals surface area contributed by atoms with Gasteiger partial charge in [-0.05, 0) is 31.5 Å². The Morgan fingerprint density at radius 3 is 2.68 bits per heavy atom. The predicted molar refractivity (Wildman–Crippen MR) is 98.7 cm³/mol. The van der Waals surface area contributed by atoms with Crippen molar-refractivity contribution in [2.24, 2.45) is 0 Å². The monoisotopic (exact) mass is 383 g/mol. The lowest BCUT2D eigenvalue weighted by Gasteiger charge is -2.30. The number of nitrogens with zero attached hydrogens (tertiary/aromatic N) is 3. The summed E-state index contributed by atoms with van der Waals surface area (Å²) in [7, 11) is 1.54. The van der Waals surface area contributed by atoms with Crippen LogP contribution in [0.5, 0.6) is 5.75 Å². The van der Waals surface area contributed by atoms with E-state index in [1.807, 2.05) is 19.9 Å². The highest BCUT2D eigenvalue weighted by molar-refractivity contribution is 6.08. The van der Waals surface area contributed by atoms with Crippen molar-refractivity contribution in [1.82, 2.24) is 25.3 Å². The van der Waals surface area contributed by atoms with E-state index in [0.717, 1.165) is 5.56 Å². The fraction of sp³-hybridized carbons (Fsp3) is 0.368. The van der Waals surface area contributed by atoms with Crippen molar-refractivity contribution in [3.05, 3.63) is 47.3 Å². The molecule has 4 rings (SSSR count). The quantitative estimate of drug-likeness (QED) is 0.754. The molecule has 2 aliphatic heterocycles. The molecule has 2 aliphatic rings. The number of rotatable bonds is 5. The minimum absolute atomic E-state index is 0.00416. The standard InChI is InChI=1S/C19H21N5O4/c1-11(2)24-9-13(7-20-24)19(17(26)21-18(27)22-19)10-23-8-12-4-5-14(28-3)6-15(12)16(23)25/h4-7,9,11H,8,10H2,1-3H3,(H2,21,22,26,27). The molecule has 1 atom stereocenters. The molecular formula is C19H21N5O4. The summed E-state index contributed by atoms with van der Waals surface area (Å²) in [5.74, 6) is -0.116. The molecule has 3 heterocycles. The van der Waals surface area contributed by atoms with Crippen molar-refractivity contribution in [3.8, 4) is 5.75 Å². The van der Waals surface area contributed by atoms with Crippen LogP contribution in [0, 0.1) is 0 Å². The number of urea groups is 1. The Morgan fingerprint density at radius 1 is 1.29 bits per heavy atom. The van der Waals surface area contributed by atoms with Crippen molar-refractivity contribution in [2.75, 3.05) is 13.7 Å². The zero-order valence-corrected chi connectivity index (χ0v) is 15.9. The number of benzene rings is 1. The highest BCUT2D eigenvalue weighted by Gasteiger charge is 2.51. The molecule has 0 aliphatic carbocycles. The third-order valence-electron chi connectivity index (χ3n) is 5.19. The van der Waals surface area contributed by atoms with Gasteiger partial charge in [0.2, 0.25) is 0 Å². The SMILES string of the molecule is COc1ccc2c(c1)C(=O)N(CC1(c3cnn(C(C)C)c3)NC(=O)NC1=O)C2. The van der Waals surface area contributed by atoms with Gasteiger partial charge in [-0.1, -0.05) is 6.07 Å². The molecule has 1 aromatic carbocycles. The average Bonchev–Trinajstić information content (AvgIpc) is 3.33. The van der Waals surface area contributed by atoms with Gasteiger partial charge in [0.05, 0.1) is 19.9 Å². The molecule has 28 heavy (non-hydrogen) atoms. The summed E-state index contributed by atoms with van der Waals surface area (Å²) in [4.78, 5) is 39.2. The van der Waals surface area contributed by atoms with E-state index in [9.17, 15) is 14.4 Å². The lowest BCUT2D eigenvalue weighted by atomic mass is 9.92. The zero-order valence-electron chi connectivity index (χ0n) is 15.9. The number of imide groups is 1. The number of hydrogen-bond donors (Lipinski definition) is 2. The molecule has 1 saturated heterocycles. The molecule has 2 aromatic rings. The maximum Gasteiger partial charge on any atom is 0.322 e. The molecule has 2 N–H and O–H groups in total. The molecule has 4 amide bonds. The lowest BCUT2D eigenvalue weighted by Crippen LogP contribution is -2.52. The fourth-order valence-electron chi connectivity index (χ4n) is 3.62. The first-order valence-corrected chi connectivity index (χ1v) is 8.98. The van der Waals surface area contributed by atoms with Crippen molar-refractivity contribution in [1.29, 1.82) is 0 Å². The van der Waals surface area contributed by atoms with E-state index < -0.39 is 17.5 Å². The van der Waals surface area contributed by atoms with Crippen LogP contribution in [0.15, 0.2) is 30.6 Å². The molecule has 0 spiro atoms. The largest absolute Gasteiger partial charge is 0.497 e. The second-order valence-corrected chi connectivity index (χ2v) is 7.30. The van der Waals surface area contributed by atoms with Gasteiger partial charge in [-0.15, -0.1) is 0 Å². The van der Waals surface area contributed by atoms with Crippen molar-refractivity contribution < 1.29 is 19.1 Å². The van der Waals surface area contributed by atoms with E-state index in [2.05, 4.69) is 15.7 Å². The van der Waals surface area contributed by atoms with Crippen LogP contribution in [-0.4, -0.2) is 46.2 Å². The van der Waals surface area contributed by atoms with Crippen LogP contribution in [0.25, 0.3) is 0 Å². The summed E-state index contributed by atoms with van der Waals surface area (Å²) in [5.41, 5.74) is 0.540. The fourth-order valence-corrected chi connectivity index (χ4v) is 3.62. The molecule has 0 radical (unpaired) electrons. The number of methoxy groups -OCH3 is 1. The number of fused-ring (bicyclic) bond motifs is 1. The van der Waals surface area contributed by atoms with Crippen LogP contribution in [0.2, 0.25) is 0 Å². The molecular weight excluding hydrogens is 362 g/mol. The highest BCUT2D eigenvalue weighted by atomic mass is 16.5. The Balaban J connectivity index is 1.69. The number of ether oxygens (including phenoxy) is 1. The van der Waals surface area contributed by atoms with E-state index in [1.54, 1.807) is 41.2 Å². The predicted octanol–water partition coefficient (Wildman–Crippen LogP) is 1.16. The van der Waals surface area contributed by atoms with Gasteiger partial charge in [-0.2, -0.15) is 5.10 Å². The van der Waals surface area contributed by atoms with Gasteiger partial charge >= 0.3 is 6.03 Å². The Bertz CT molecular complexity index is 982. The number of nitrogens with one attached hydrogen (secondary N) is 2. The molecule has 1 fully saturated rings. The van der Waals surface area contributed by atoms with Gasteiger partial charge in [0.25, 0.3) is 11.8 Å². The molecule has 0 bridgehead atoms. The van der Waals surface area contributed by atoms with E-state index in [-0.39, 0.29) is 18.5 Å². The smallest absolute Gasteiger partial charge is 0.322 e. The summed E-state index contributed by atoms with van der Waals surface area (Å²) in [5, 5.41) is 9.29. The number of carbonyl (C=O) groups is 3. The molecule has 146 valence electrons. The van der Waals surface area contributed by atoms with Crippen LogP contribution in [0.4, 0.5) is 4.79 Å². The molecule has 1 unspecified atom stereocenters. The Kier molecular flexibility index (Phi) is 4.10. The lowest BCUT2D eigenvalue weighted by molar-refractivity contribution is -0.124. The van der Waals surface area contributed by atoms with Crippen LogP contribution in [-0.2, 0) is 16.9 Å². The summed E-state index contributed by atoms with van der Waals surface area (Å²) >= 11 is 0. The van der Waals surface area contributed by atoms with Gasteiger partial charge in [-0.25, -0.2) is 4.79 Å². The number of amides is 4. The second kappa shape index (κ2) is 6.36. The number of aromatic nitrogens is 2. The van der Waals surface area contributed by atoms with Gasteiger partial charge < -0.3 is 15.0 Å². The summed E-state index contributed by atoms with van der Waals surface area (Å²) in [6.07, 6.45) is 3.29. The second-order valence-electron chi connectivity index (χ2n) is 7.30. The Morgan fingerprint density at radius 2 is 2.07 bits per heavy atom. The van der Waals surface area contributed by atoms with Crippen LogP contribution >= 0.6 is 0 Å². The van der Waals surface area contributed by atoms with Gasteiger partial charge in [0.1, 0.15) is 5.75 Å². The normalized spacial score (nSPS) is 21.1. The average molecular weight is 383 g/mol. The molecule has 1 aromatic heterocycles. The van der Waals surface area contributed by atoms with E-state index >= 15 is 0 Å². The van der Waals surface area contributed by atoms with Crippen LogP contribution < -0.4 is 15.4 Å². The van der Waals surface area contributed by atoms with E-state index in [0.29, 0.717) is 23.4 Å².